The van der Waals surface area contributed by atoms with Gasteiger partial charge in [-0.15, -0.1) is 0 Å². The van der Waals surface area contributed by atoms with Crippen molar-refractivity contribution in [3.8, 4) is 0 Å². The molecule has 1 aliphatic heterocycles. The molecule has 13 heavy (non-hydrogen) atoms. The van der Waals surface area contributed by atoms with Crippen molar-refractivity contribution < 1.29 is 9.59 Å². The van der Waals surface area contributed by atoms with Crippen LogP contribution in [0.15, 0.2) is 0 Å². The fraction of sp³-hybridized carbons (Fsp3) is 0.800. The molecule has 3 nitrogen and oxygen atoms in total. The molecule has 74 valence electrons. The third kappa shape index (κ3) is 1.74. The average molecular weight is 183 g/mol. The number of rotatable bonds is 1. The van der Waals surface area contributed by atoms with Gasteiger partial charge >= 0.3 is 0 Å². The fourth-order valence-electron chi connectivity index (χ4n) is 2.21. The van der Waals surface area contributed by atoms with E-state index in [2.05, 4.69) is 0 Å². The first-order valence-electron chi connectivity index (χ1n) is 4.64. The van der Waals surface area contributed by atoms with E-state index < -0.39 is 0 Å². The van der Waals surface area contributed by atoms with Gasteiger partial charge < -0.3 is 4.90 Å². The molecule has 1 fully saturated rings. The lowest BCUT2D eigenvalue weighted by atomic mass is 9.83. The highest BCUT2D eigenvalue weighted by molar-refractivity contribution is 5.88. The molecular formula is C10H17NO2. The summed E-state index contributed by atoms with van der Waals surface area (Å²) in [6.45, 7) is 7.89. The van der Waals surface area contributed by atoms with Gasteiger partial charge in [-0.3, -0.25) is 9.59 Å². The van der Waals surface area contributed by atoms with Gasteiger partial charge in [0.25, 0.3) is 0 Å². The molecule has 0 spiro atoms. The predicted octanol–water partition coefficient (Wildman–Crippen LogP) is 1.22. The highest BCUT2D eigenvalue weighted by atomic mass is 16.2. The molecule has 0 aromatic rings. The minimum Gasteiger partial charge on any atom is -0.332 e. The zero-order valence-corrected chi connectivity index (χ0v) is 8.76. The minimum atomic E-state index is -0.218. The van der Waals surface area contributed by atoms with E-state index in [1.54, 1.807) is 11.8 Å². The average Bonchev–Trinajstić information content (AvgIpc) is 2.24. The van der Waals surface area contributed by atoms with Gasteiger partial charge in [-0.05, 0) is 18.8 Å². The summed E-state index contributed by atoms with van der Waals surface area (Å²) in [5, 5.41) is 0. The number of hydrogen-bond acceptors (Lipinski definition) is 2. The quantitative estimate of drug-likeness (QED) is 0.613. The largest absolute Gasteiger partial charge is 0.332 e. The molecule has 1 atom stereocenters. The van der Waals surface area contributed by atoms with Gasteiger partial charge in [0, 0.05) is 13.5 Å². The normalized spacial score (nSPS) is 26.2. The van der Waals surface area contributed by atoms with Crippen molar-refractivity contribution in [2.45, 2.75) is 40.2 Å². The van der Waals surface area contributed by atoms with E-state index in [9.17, 15) is 9.59 Å². The Labute approximate surface area is 79.1 Å². The van der Waals surface area contributed by atoms with Crippen LogP contribution in [-0.2, 0) is 9.59 Å². The third-order valence-corrected chi connectivity index (χ3v) is 2.84. The molecule has 1 saturated heterocycles. The molecule has 0 aromatic heterocycles. The van der Waals surface area contributed by atoms with Crippen molar-refractivity contribution in [2.24, 2.45) is 5.41 Å². The molecule has 0 bridgehead atoms. The van der Waals surface area contributed by atoms with Crippen molar-refractivity contribution in [1.82, 2.24) is 4.90 Å². The minimum absolute atomic E-state index is 0.00535. The second-order valence-electron chi connectivity index (χ2n) is 4.46. The summed E-state index contributed by atoms with van der Waals surface area (Å²) in [6, 6.07) is -0.218. The molecule has 0 aliphatic carbocycles. The Bertz CT molecular complexity index is 245. The van der Waals surface area contributed by atoms with Crippen LogP contribution >= 0.6 is 0 Å². The smallest absolute Gasteiger partial charge is 0.220 e. The number of nitrogens with zero attached hydrogens (tertiary/aromatic N) is 1. The van der Waals surface area contributed by atoms with Crippen LogP contribution in [0.3, 0.4) is 0 Å². The van der Waals surface area contributed by atoms with Crippen molar-refractivity contribution in [2.75, 3.05) is 6.54 Å². The van der Waals surface area contributed by atoms with Gasteiger partial charge in [-0.1, -0.05) is 13.8 Å². The Morgan fingerprint density at radius 1 is 1.31 bits per heavy atom. The summed E-state index contributed by atoms with van der Waals surface area (Å²) in [5.41, 5.74) is -0.0580. The Hall–Kier alpha value is -0.860. The highest BCUT2D eigenvalue weighted by Crippen LogP contribution is 2.36. The van der Waals surface area contributed by atoms with Gasteiger partial charge in [-0.2, -0.15) is 0 Å². The number of likely N-dealkylation sites (tertiary alicyclic amines) is 1. The monoisotopic (exact) mass is 183 g/mol. The van der Waals surface area contributed by atoms with E-state index >= 15 is 0 Å². The molecule has 0 N–H and O–H groups in total. The van der Waals surface area contributed by atoms with Crippen LogP contribution in [0.1, 0.15) is 34.1 Å². The Morgan fingerprint density at radius 2 is 1.85 bits per heavy atom. The first-order valence-corrected chi connectivity index (χ1v) is 4.64. The first kappa shape index (κ1) is 10.2. The number of amides is 1. The van der Waals surface area contributed by atoms with Crippen LogP contribution in [-0.4, -0.2) is 29.2 Å². The molecule has 1 aliphatic rings. The first-order chi connectivity index (χ1) is 5.86. The van der Waals surface area contributed by atoms with E-state index in [-0.39, 0.29) is 23.1 Å². The third-order valence-electron chi connectivity index (χ3n) is 2.84. The summed E-state index contributed by atoms with van der Waals surface area (Å²) in [5.74, 6) is 0.100. The standard InChI is InChI=1S/C10H17NO2/c1-7(12)9-10(3,4)5-6-11(9)8(2)13/h9H,5-6H2,1-4H3. The van der Waals surface area contributed by atoms with Gasteiger partial charge in [0.05, 0.1) is 6.04 Å². The molecule has 0 aromatic carbocycles. The molecular weight excluding hydrogens is 166 g/mol. The number of hydrogen-bond donors (Lipinski definition) is 0. The Balaban J connectivity index is 2.92. The maximum absolute atomic E-state index is 11.4. The SMILES string of the molecule is CC(=O)C1N(C(C)=O)CCC1(C)C. The van der Waals surface area contributed by atoms with E-state index in [0.717, 1.165) is 6.42 Å². The summed E-state index contributed by atoms with van der Waals surface area (Å²) in [6.07, 6.45) is 0.914. The lowest BCUT2D eigenvalue weighted by Crippen LogP contribution is -2.44. The van der Waals surface area contributed by atoms with Gasteiger partial charge in [0.1, 0.15) is 0 Å². The molecule has 1 rings (SSSR count). The number of carbonyl (C=O) groups excluding carboxylic acids is 2. The second kappa shape index (κ2) is 3.13. The van der Waals surface area contributed by atoms with Crippen LogP contribution in [0.4, 0.5) is 0 Å². The van der Waals surface area contributed by atoms with Crippen LogP contribution in [0.25, 0.3) is 0 Å². The lowest BCUT2D eigenvalue weighted by Gasteiger charge is -2.29. The van der Waals surface area contributed by atoms with Crippen molar-refractivity contribution in [3.63, 3.8) is 0 Å². The maximum Gasteiger partial charge on any atom is 0.220 e. The molecule has 0 saturated carbocycles. The molecule has 3 heteroatoms. The fourth-order valence-corrected chi connectivity index (χ4v) is 2.21. The van der Waals surface area contributed by atoms with Crippen LogP contribution in [0.5, 0.6) is 0 Å². The number of ketones is 1. The topological polar surface area (TPSA) is 37.4 Å². The van der Waals surface area contributed by atoms with Gasteiger partial charge in [0.2, 0.25) is 5.91 Å². The Kier molecular flexibility index (Phi) is 2.46. The highest BCUT2D eigenvalue weighted by Gasteiger charge is 2.44. The predicted molar refractivity (Wildman–Crippen MR) is 50.3 cm³/mol. The lowest BCUT2D eigenvalue weighted by molar-refractivity contribution is -0.137. The zero-order valence-electron chi connectivity index (χ0n) is 8.76. The van der Waals surface area contributed by atoms with E-state index in [1.165, 1.54) is 6.92 Å². The van der Waals surface area contributed by atoms with E-state index in [1.807, 2.05) is 13.8 Å². The van der Waals surface area contributed by atoms with E-state index in [4.69, 9.17) is 0 Å². The van der Waals surface area contributed by atoms with Crippen molar-refractivity contribution in [3.05, 3.63) is 0 Å². The maximum atomic E-state index is 11.4. The summed E-state index contributed by atoms with van der Waals surface area (Å²) < 4.78 is 0. The molecule has 1 amide bonds. The van der Waals surface area contributed by atoms with Gasteiger partial charge in [-0.25, -0.2) is 0 Å². The number of Topliss-reactive ketones (excluding diaryl/α,β-unsaturated/α-hetero) is 1. The van der Waals surface area contributed by atoms with Crippen molar-refractivity contribution in [1.29, 1.82) is 0 Å². The van der Waals surface area contributed by atoms with E-state index in [0.29, 0.717) is 6.54 Å². The van der Waals surface area contributed by atoms with Crippen LogP contribution < -0.4 is 0 Å². The molecule has 1 heterocycles. The summed E-state index contributed by atoms with van der Waals surface area (Å²) in [4.78, 5) is 24.3. The van der Waals surface area contributed by atoms with Crippen molar-refractivity contribution >= 4 is 11.7 Å². The molecule has 0 radical (unpaired) electrons. The Morgan fingerprint density at radius 3 is 2.15 bits per heavy atom. The zero-order chi connectivity index (χ0) is 10.2. The van der Waals surface area contributed by atoms with Crippen LogP contribution in [0.2, 0.25) is 0 Å². The number of carbonyl (C=O) groups is 2. The van der Waals surface area contributed by atoms with Crippen LogP contribution in [0, 0.1) is 5.41 Å². The molecule has 1 unspecified atom stereocenters. The second-order valence-corrected chi connectivity index (χ2v) is 4.46. The van der Waals surface area contributed by atoms with Gasteiger partial charge in [0.15, 0.2) is 5.78 Å². The summed E-state index contributed by atoms with van der Waals surface area (Å²) in [7, 11) is 0. The summed E-state index contributed by atoms with van der Waals surface area (Å²) >= 11 is 0.